The number of nitrogens with one attached hydrogen (secondary N) is 3. The summed E-state index contributed by atoms with van der Waals surface area (Å²) in [6, 6.07) is 25.4. The summed E-state index contributed by atoms with van der Waals surface area (Å²) in [5.41, 5.74) is 5.69. The normalized spacial score (nSPS) is 13.7. The number of nitriles is 1. The van der Waals surface area contributed by atoms with Crippen LogP contribution in [-0.2, 0) is 6.42 Å². The third-order valence-electron chi connectivity index (χ3n) is 7.79. The highest BCUT2D eigenvalue weighted by Crippen LogP contribution is 2.26. The number of hydrogen-bond donors (Lipinski definition) is 3. The first-order valence-corrected chi connectivity index (χ1v) is 14.6. The van der Waals surface area contributed by atoms with Crippen molar-refractivity contribution in [1.82, 2.24) is 15.2 Å². The fourth-order valence-electron chi connectivity index (χ4n) is 5.52. The molecule has 0 unspecified atom stereocenters. The van der Waals surface area contributed by atoms with Gasteiger partial charge in [-0.1, -0.05) is 18.2 Å². The Morgan fingerprint density at radius 1 is 1.00 bits per heavy atom. The van der Waals surface area contributed by atoms with Crippen LogP contribution in [0.2, 0.25) is 0 Å². The second kappa shape index (κ2) is 12.5. The van der Waals surface area contributed by atoms with Gasteiger partial charge in [0.1, 0.15) is 5.58 Å². The second-order valence-corrected chi connectivity index (χ2v) is 11.0. The molecule has 0 atom stereocenters. The van der Waals surface area contributed by atoms with E-state index >= 15 is 0 Å². The molecule has 1 saturated heterocycles. The number of amides is 1. The van der Waals surface area contributed by atoms with Gasteiger partial charge in [-0.25, -0.2) is 0 Å². The highest BCUT2D eigenvalue weighted by Gasteiger charge is 2.19. The Balaban J connectivity index is 0.975. The maximum Gasteiger partial charge on any atom is 0.293 e. The van der Waals surface area contributed by atoms with Gasteiger partial charge in [0.05, 0.1) is 11.6 Å². The van der Waals surface area contributed by atoms with E-state index in [1.165, 1.54) is 5.56 Å². The summed E-state index contributed by atoms with van der Waals surface area (Å²) >= 11 is 5.28. The molecule has 2 aromatic heterocycles. The topological polar surface area (TPSA) is 100 Å². The first-order chi connectivity index (χ1) is 20.6. The average molecular weight is 577 g/mol. The van der Waals surface area contributed by atoms with Gasteiger partial charge in [0.2, 0.25) is 0 Å². The van der Waals surface area contributed by atoms with Gasteiger partial charge in [0.15, 0.2) is 10.9 Å². The lowest BCUT2D eigenvalue weighted by atomic mass is 10.1. The van der Waals surface area contributed by atoms with Gasteiger partial charge in [0, 0.05) is 60.0 Å². The fraction of sp³-hybridized carbons (Fsp3) is 0.242. The number of para-hydroxylation sites is 1. The van der Waals surface area contributed by atoms with Crippen molar-refractivity contribution in [1.29, 1.82) is 5.26 Å². The quantitative estimate of drug-likeness (QED) is 0.153. The average Bonchev–Trinajstić information content (AvgIpc) is 3.63. The van der Waals surface area contributed by atoms with E-state index < -0.39 is 0 Å². The number of carbonyl (C=O) groups is 1. The molecule has 3 heterocycles. The lowest BCUT2D eigenvalue weighted by molar-refractivity contribution is 0.0953. The number of unbranched alkanes of at least 4 members (excludes halogenated alkanes) is 1. The van der Waals surface area contributed by atoms with E-state index in [0.717, 1.165) is 79.7 Å². The minimum atomic E-state index is -0.383. The summed E-state index contributed by atoms with van der Waals surface area (Å²) in [5, 5.41) is 17.2. The van der Waals surface area contributed by atoms with Gasteiger partial charge in [-0.15, -0.1) is 0 Å². The van der Waals surface area contributed by atoms with Crippen LogP contribution in [0.4, 0.5) is 11.4 Å². The summed E-state index contributed by atoms with van der Waals surface area (Å²) in [4.78, 5) is 21.0. The maximum absolute atomic E-state index is 12.7. The van der Waals surface area contributed by atoms with Crippen molar-refractivity contribution in [2.24, 2.45) is 0 Å². The van der Waals surface area contributed by atoms with Crippen LogP contribution in [0.1, 0.15) is 34.5 Å². The SMILES string of the molecule is N#Cc1ccc2[nH]cc(CCCCN3CCN(c4ccc5oc(C(=O)NC(=S)Nc6ccccc6)cc5c4)CC3)c2c1. The Kier molecular flexibility index (Phi) is 8.17. The van der Waals surface area contributed by atoms with Crippen molar-refractivity contribution in [3.8, 4) is 6.07 Å². The van der Waals surface area contributed by atoms with Crippen LogP contribution in [0, 0.1) is 11.3 Å². The van der Waals surface area contributed by atoms with Crippen LogP contribution in [0.5, 0.6) is 0 Å². The lowest BCUT2D eigenvalue weighted by Gasteiger charge is -2.36. The van der Waals surface area contributed by atoms with Crippen molar-refractivity contribution in [3.05, 3.63) is 95.9 Å². The zero-order valence-electron chi connectivity index (χ0n) is 23.2. The Bertz CT molecular complexity index is 1760. The van der Waals surface area contributed by atoms with E-state index in [1.807, 2.05) is 54.6 Å². The molecule has 212 valence electrons. The summed E-state index contributed by atoms with van der Waals surface area (Å²) < 4.78 is 5.81. The summed E-state index contributed by atoms with van der Waals surface area (Å²) in [6.45, 7) is 5.02. The first kappa shape index (κ1) is 27.5. The minimum absolute atomic E-state index is 0.220. The van der Waals surface area contributed by atoms with Crippen molar-refractivity contribution >= 4 is 56.5 Å². The standard InChI is InChI=1S/C33H32N6O2S/c34-21-23-9-11-29-28(18-23)24(22-35-29)6-4-5-13-38-14-16-39(17-15-38)27-10-12-30-25(19-27)20-31(41-30)32(40)37-33(42)36-26-7-2-1-3-8-26/h1-3,7-12,18-20,22,35H,4-6,13-17H2,(H2,36,37,40,42). The molecule has 3 N–H and O–H groups in total. The number of anilines is 2. The van der Waals surface area contributed by atoms with Gasteiger partial charge in [-0.2, -0.15) is 5.26 Å². The number of nitrogens with zero attached hydrogens (tertiary/aromatic N) is 3. The van der Waals surface area contributed by atoms with Crippen LogP contribution in [0.15, 0.2) is 83.4 Å². The number of benzene rings is 3. The fourth-order valence-corrected chi connectivity index (χ4v) is 5.73. The third kappa shape index (κ3) is 6.30. The van der Waals surface area contributed by atoms with Gasteiger partial charge < -0.3 is 19.6 Å². The van der Waals surface area contributed by atoms with E-state index in [4.69, 9.17) is 16.6 Å². The molecule has 0 radical (unpaired) electrons. The van der Waals surface area contributed by atoms with E-state index in [1.54, 1.807) is 6.07 Å². The van der Waals surface area contributed by atoms with Crippen LogP contribution < -0.4 is 15.5 Å². The van der Waals surface area contributed by atoms with Crippen molar-refractivity contribution in [3.63, 3.8) is 0 Å². The molecule has 0 bridgehead atoms. The first-order valence-electron chi connectivity index (χ1n) is 14.2. The highest BCUT2D eigenvalue weighted by molar-refractivity contribution is 7.80. The second-order valence-electron chi connectivity index (χ2n) is 10.6. The molecular weight excluding hydrogens is 544 g/mol. The van der Waals surface area contributed by atoms with Crippen LogP contribution >= 0.6 is 12.2 Å². The Morgan fingerprint density at radius 3 is 2.64 bits per heavy atom. The lowest BCUT2D eigenvalue weighted by Crippen LogP contribution is -2.46. The molecule has 8 nitrogen and oxygen atoms in total. The number of rotatable bonds is 8. The summed E-state index contributed by atoms with van der Waals surface area (Å²) in [7, 11) is 0. The minimum Gasteiger partial charge on any atom is -0.451 e. The summed E-state index contributed by atoms with van der Waals surface area (Å²) in [5.74, 6) is -0.159. The van der Waals surface area contributed by atoms with E-state index in [0.29, 0.717) is 11.1 Å². The Labute approximate surface area is 249 Å². The molecule has 0 aliphatic carbocycles. The maximum atomic E-state index is 12.7. The number of aryl methyl sites for hydroxylation is 1. The molecule has 0 saturated carbocycles. The number of H-pyrrole nitrogens is 1. The number of carbonyl (C=O) groups excluding carboxylic acids is 1. The smallest absolute Gasteiger partial charge is 0.293 e. The zero-order valence-corrected chi connectivity index (χ0v) is 24.0. The molecule has 3 aromatic carbocycles. The Hall–Kier alpha value is -4.65. The molecule has 9 heteroatoms. The molecule has 1 aliphatic rings. The van der Waals surface area contributed by atoms with Crippen molar-refractivity contribution in [2.45, 2.75) is 19.3 Å². The van der Waals surface area contributed by atoms with E-state index in [-0.39, 0.29) is 16.8 Å². The Morgan fingerprint density at radius 2 is 1.83 bits per heavy atom. The van der Waals surface area contributed by atoms with E-state index in [2.05, 4.69) is 49.8 Å². The molecule has 1 fully saturated rings. The highest BCUT2D eigenvalue weighted by atomic mass is 32.1. The van der Waals surface area contributed by atoms with Crippen molar-refractivity contribution < 1.29 is 9.21 Å². The number of hydrogen-bond acceptors (Lipinski definition) is 6. The van der Waals surface area contributed by atoms with Crippen molar-refractivity contribution in [2.75, 3.05) is 42.9 Å². The predicted molar refractivity (Wildman–Crippen MR) is 171 cm³/mol. The molecule has 1 aliphatic heterocycles. The van der Waals surface area contributed by atoms with Gasteiger partial charge in [-0.3, -0.25) is 15.0 Å². The summed E-state index contributed by atoms with van der Waals surface area (Å²) in [6.07, 6.45) is 5.34. The van der Waals surface area contributed by atoms with E-state index in [9.17, 15) is 10.1 Å². The largest absolute Gasteiger partial charge is 0.451 e. The van der Waals surface area contributed by atoms with Crippen LogP contribution in [-0.4, -0.2) is 53.6 Å². The third-order valence-corrected chi connectivity index (χ3v) is 7.99. The number of piperazine rings is 1. The van der Waals surface area contributed by atoms with Gasteiger partial charge in [0.25, 0.3) is 5.91 Å². The molecule has 0 spiro atoms. The number of aromatic nitrogens is 1. The zero-order chi connectivity index (χ0) is 28.9. The molecule has 5 aromatic rings. The van der Waals surface area contributed by atoms with Gasteiger partial charge in [-0.05, 0) is 98.2 Å². The number of aromatic amines is 1. The monoisotopic (exact) mass is 576 g/mol. The molecule has 6 rings (SSSR count). The number of fused-ring (bicyclic) bond motifs is 2. The molecule has 42 heavy (non-hydrogen) atoms. The number of thiocarbonyl (C=S) groups is 1. The van der Waals surface area contributed by atoms with Crippen LogP contribution in [0.3, 0.4) is 0 Å². The van der Waals surface area contributed by atoms with Gasteiger partial charge >= 0.3 is 0 Å². The molecule has 1 amide bonds. The number of furan rings is 1. The predicted octanol–water partition coefficient (Wildman–Crippen LogP) is 6.06. The van der Waals surface area contributed by atoms with Crippen LogP contribution in [0.25, 0.3) is 21.9 Å². The molecular formula is C33H32N6O2S.